The molecule has 0 radical (unpaired) electrons. The first kappa shape index (κ1) is 9.76. The van der Waals surface area contributed by atoms with Gasteiger partial charge in [-0.2, -0.15) is 0 Å². The highest BCUT2D eigenvalue weighted by atomic mass is 32.1. The Morgan fingerprint density at radius 1 is 1.57 bits per heavy atom. The van der Waals surface area contributed by atoms with E-state index in [2.05, 4.69) is 15.2 Å². The van der Waals surface area contributed by atoms with Gasteiger partial charge in [-0.05, 0) is 0 Å². The number of aromatic nitrogens is 1. The second-order valence-electron chi connectivity index (χ2n) is 3.30. The van der Waals surface area contributed by atoms with Crippen LogP contribution >= 0.6 is 11.3 Å². The van der Waals surface area contributed by atoms with Crippen molar-refractivity contribution in [1.82, 2.24) is 15.2 Å². The summed E-state index contributed by atoms with van der Waals surface area (Å²) in [5, 5.41) is 4.34. The highest BCUT2D eigenvalue weighted by Gasteiger charge is 2.11. The van der Waals surface area contributed by atoms with Gasteiger partial charge in [0.05, 0.1) is 11.4 Å². The van der Waals surface area contributed by atoms with Crippen LogP contribution in [0.1, 0.15) is 14.7 Å². The Labute approximate surface area is 86.9 Å². The molecular weight excluding hydrogens is 198 g/mol. The lowest BCUT2D eigenvalue weighted by Crippen LogP contribution is -2.42. The summed E-state index contributed by atoms with van der Waals surface area (Å²) in [6.07, 6.45) is 2.51. The number of carbonyl (C=O) groups is 1. The predicted molar refractivity (Wildman–Crippen MR) is 55.6 cm³/mol. The van der Waals surface area contributed by atoms with Crippen molar-refractivity contribution in [3.63, 3.8) is 0 Å². The largest absolute Gasteiger partial charge is 0.314 e. The fourth-order valence-electron chi connectivity index (χ4n) is 1.51. The molecule has 1 aliphatic rings. The summed E-state index contributed by atoms with van der Waals surface area (Å²) < 4.78 is 0. The lowest BCUT2D eigenvalue weighted by Gasteiger charge is -2.25. The van der Waals surface area contributed by atoms with Crippen molar-refractivity contribution in [3.05, 3.63) is 16.1 Å². The molecule has 0 bridgehead atoms. The molecule has 1 aliphatic heterocycles. The second kappa shape index (κ2) is 4.63. The molecule has 4 nitrogen and oxygen atoms in total. The van der Waals surface area contributed by atoms with Gasteiger partial charge in [0.15, 0.2) is 6.29 Å². The highest BCUT2D eigenvalue weighted by Crippen LogP contribution is 2.13. The van der Waals surface area contributed by atoms with E-state index >= 15 is 0 Å². The molecule has 1 aromatic heterocycles. The number of nitrogens with one attached hydrogen (secondary N) is 1. The van der Waals surface area contributed by atoms with Crippen LogP contribution in [0.2, 0.25) is 0 Å². The van der Waals surface area contributed by atoms with Gasteiger partial charge in [0.25, 0.3) is 0 Å². The maximum Gasteiger partial charge on any atom is 0.161 e. The Morgan fingerprint density at radius 2 is 2.36 bits per heavy atom. The Hall–Kier alpha value is -0.780. The molecule has 2 rings (SSSR count). The van der Waals surface area contributed by atoms with Gasteiger partial charge in [-0.3, -0.25) is 9.69 Å². The van der Waals surface area contributed by atoms with E-state index in [-0.39, 0.29) is 0 Å². The fraction of sp³-hybridized carbons (Fsp3) is 0.556. The van der Waals surface area contributed by atoms with Crippen molar-refractivity contribution in [2.75, 3.05) is 26.2 Å². The van der Waals surface area contributed by atoms with E-state index in [1.54, 1.807) is 6.20 Å². The number of rotatable bonds is 3. The zero-order chi connectivity index (χ0) is 9.80. The minimum Gasteiger partial charge on any atom is -0.314 e. The number of piperazine rings is 1. The van der Waals surface area contributed by atoms with Crippen LogP contribution in [0.3, 0.4) is 0 Å². The molecule has 0 amide bonds. The summed E-state index contributed by atoms with van der Waals surface area (Å²) in [7, 11) is 0. The molecule has 1 N–H and O–H groups in total. The Bertz CT molecular complexity index is 307. The van der Waals surface area contributed by atoms with Crippen molar-refractivity contribution < 1.29 is 4.79 Å². The Morgan fingerprint density at radius 3 is 3.00 bits per heavy atom. The summed E-state index contributed by atoms with van der Waals surface area (Å²) in [5.41, 5.74) is 0. The van der Waals surface area contributed by atoms with E-state index in [4.69, 9.17) is 0 Å². The predicted octanol–water partition coefficient (Wildman–Crippen LogP) is 0.361. The highest BCUT2D eigenvalue weighted by molar-refractivity contribution is 7.13. The zero-order valence-electron chi connectivity index (χ0n) is 7.90. The summed E-state index contributed by atoms with van der Waals surface area (Å²) >= 11 is 1.49. The monoisotopic (exact) mass is 211 g/mol. The van der Waals surface area contributed by atoms with Crippen LogP contribution < -0.4 is 5.32 Å². The Balaban J connectivity index is 1.92. The maximum absolute atomic E-state index is 10.5. The van der Waals surface area contributed by atoms with Crippen LogP contribution in [0, 0.1) is 0 Å². The van der Waals surface area contributed by atoms with Crippen LogP contribution in [-0.2, 0) is 6.54 Å². The third-order valence-corrected chi connectivity index (χ3v) is 3.16. The van der Waals surface area contributed by atoms with Crippen molar-refractivity contribution in [1.29, 1.82) is 0 Å². The van der Waals surface area contributed by atoms with E-state index < -0.39 is 0 Å². The first-order valence-electron chi connectivity index (χ1n) is 4.71. The van der Waals surface area contributed by atoms with Crippen LogP contribution in [0.4, 0.5) is 0 Å². The van der Waals surface area contributed by atoms with Crippen LogP contribution in [0.5, 0.6) is 0 Å². The SMILES string of the molecule is O=Cc1cnc(CN2CCNCC2)s1. The number of aldehydes is 1. The zero-order valence-corrected chi connectivity index (χ0v) is 8.72. The number of thiazole rings is 1. The summed E-state index contributed by atoms with van der Waals surface area (Å²) in [6.45, 7) is 5.10. The molecule has 1 aromatic rings. The normalized spacial score (nSPS) is 18.3. The second-order valence-corrected chi connectivity index (χ2v) is 4.45. The van der Waals surface area contributed by atoms with E-state index in [0.717, 1.165) is 48.9 Å². The molecule has 2 heterocycles. The molecule has 0 aromatic carbocycles. The molecular formula is C9H13N3OS. The fourth-order valence-corrected chi connectivity index (χ4v) is 2.29. The van der Waals surface area contributed by atoms with Crippen molar-refractivity contribution >= 4 is 17.6 Å². The molecule has 0 atom stereocenters. The average Bonchev–Trinajstić information content (AvgIpc) is 2.67. The molecule has 1 fully saturated rings. The summed E-state index contributed by atoms with van der Waals surface area (Å²) in [4.78, 5) is 17.7. The molecule has 0 unspecified atom stereocenters. The van der Waals surface area contributed by atoms with Crippen molar-refractivity contribution in [2.45, 2.75) is 6.54 Å². The van der Waals surface area contributed by atoms with Gasteiger partial charge in [0.1, 0.15) is 5.01 Å². The van der Waals surface area contributed by atoms with Crippen LogP contribution in [0.15, 0.2) is 6.20 Å². The summed E-state index contributed by atoms with van der Waals surface area (Å²) in [6, 6.07) is 0. The molecule has 1 saturated heterocycles. The third-order valence-electron chi connectivity index (χ3n) is 2.26. The average molecular weight is 211 g/mol. The van der Waals surface area contributed by atoms with Gasteiger partial charge < -0.3 is 5.32 Å². The van der Waals surface area contributed by atoms with E-state index in [1.807, 2.05) is 0 Å². The molecule has 76 valence electrons. The quantitative estimate of drug-likeness (QED) is 0.733. The molecule has 5 heteroatoms. The summed E-state index contributed by atoms with van der Waals surface area (Å²) in [5.74, 6) is 0. The molecule has 0 aliphatic carbocycles. The third kappa shape index (κ3) is 2.37. The molecule has 0 saturated carbocycles. The van der Waals surface area contributed by atoms with Crippen LogP contribution in [0.25, 0.3) is 0 Å². The topological polar surface area (TPSA) is 45.2 Å². The maximum atomic E-state index is 10.5. The van der Waals surface area contributed by atoms with Crippen molar-refractivity contribution in [2.24, 2.45) is 0 Å². The van der Waals surface area contributed by atoms with Gasteiger partial charge in [-0.1, -0.05) is 0 Å². The minimum atomic E-state index is 0.718. The molecule has 14 heavy (non-hydrogen) atoms. The standard InChI is InChI=1S/C9H13N3OS/c13-7-8-5-11-9(14-8)6-12-3-1-10-2-4-12/h5,7,10H,1-4,6H2. The van der Waals surface area contributed by atoms with E-state index in [9.17, 15) is 4.79 Å². The van der Waals surface area contributed by atoms with Gasteiger partial charge in [-0.25, -0.2) is 4.98 Å². The number of carbonyl (C=O) groups excluding carboxylic acids is 1. The van der Waals surface area contributed by atoms with Gasteiger partial charge in [-0.15, -0.1) is 11.3 Å². The first-order valence-corrected chi connectivity index (χ1v) is 5.53. The minimum absolute atomic E-state index is 0.718. The number of nitrogens with zero attached hydrogens (tertiary/aromatic N) is 2. The van der Waals surface area contributed by atoms with Crippen molar-refractivity contribution in [3.8, 4) is 0 Å². The first-order chi connectivity index (χ1) is 6.88. The smallest absolute Gasteiger partial charge is 0.161 e. The van der Waals surface area contributed by atoms with Crippen LogP contribution in [-0.4, -0.2) is 42.3 Å². The Kier molecular flexibility index (Phi) is 3.23. The molecule has 0 spiro atoms. The van der Waals surface area contributed by atoms with Gasteiger partial charge in [0.2, 0.25) is 0 Å². The van der Waals surface area contributed by atoms with E-state index in [1.165, 1.54) is 11.3 Å². The number of hydrogen-bond acceptors (Lipinski definition) is 5. The lowest BCUT2D eigenvalue weighted by atomic mass is 10.3. The van der Waals surface area contributed by atoms with E-state index in [0.29, 0.717) is 0 Å². The number of hydrogen-bond donors (Lipinski definition) is 1. The van der Waals surface area contributed by atoms with Gasteiger partial charge in [0, 0.05) is 32.4 Å². The van der Waals surface area contributed by atoms with Gasteiger partial charge >= 0.3 is 0 Å². The lowest BCUT2D eigenvalue weighted by molar-refractivity contribution is 0.112.